The van der Waals surface area contributed by atoms with Crippen molar-refractivity contribution in [2.24, 2.45) is 5.92 Å². The molecule has 0 amide bonds. The molecule has 3 heteroatoms. The summed E-state index contributed by atoms with van der Waals surface area (Å²) in [4.78, 5) is 0. The van der Waals surface area contributed by atoms with Crippen LogP contribution in [0.3, 0.4) is 0 Å². The molecule has 2 atom stereocenters. The highest BCUT2D eigenvalue weighted by Crippen LogP contribution is 2.16. The Morgan fingerprint density at radius 2 is 2.55 bits per heavy atom. The van der Waals surface area contributed by atoms with E-state index in [1.165, 1.54) is 17.9 Å². The molecule has 0 aromatic carbocycles. The summed E-state index contributed by atoms with van der Waals surface area (Å²) in [7, 11) is 0. The van der Waals surface area contributed by atoms with Crippen molar-refractivity contribution < 1.29 is 5.11 Å². The molecule has 0 aromatic heterocycles. The third-order valence-corrected chi connectivity index (χ3v) is 3.16. The summed E-state index contributed by atoms with van der Waals surface area (Å²) in [5.41, 5.74) is 0. The summed E-state index contributed by atoms with van der Waals surface area (Å²) >= 11 is 2.02. The standard InChI is InChI=1S/C8H17NOS/c1-7(5-10)4-9-8-2-3-11-6-8/h7-10H,2-6H2,1H3. The smallest absolute Gasteiger partial charge is 0.0468 e. The summed E-state index contributed by atoms with van der Waals surface area (Å²) < 4.78 is 0. The van der Waals surface area contributed by atoms with E-state index in [4.69, 9.17) is 5.11 Å². The molecular formula is C8H17NOS. The second-order valence-electron chi connectivity index (χ2n) is 3.26. The number of hydrogen-bond acceptors (Lipinski definition) is 3. The maximum Gasteiger partial charge on any atom is 0.0468 e. The van der Waals surface area contributed by atoms with Crippen LogP contribution in [0, 0.1) is 5.92 Å². The summed E-state index contributed by atoms with van der Waals surface area (Å²) in [5.74, 6) is 2.95. The van der Waals surface area contributed by atoms with Gasteiger partial charge in [-0.25, -0.2) is 0 Å². The lowest BCUT2D eigenvalue weighted by Crippen LogP contribution is -2.33. The molecule has 1 rings (SSSR count). The highest BCUT2D eigenvalue weighted by atomic mass is 32.2. The molecule has 1 fully saturated rings. The molecule has 1 saturated heterocycles. The van der Waals surface area contributed by atoms with Gasteiger partial charge in [0.2, 0.25) is 0 Å². The molecule has 1 aliphatic rings. The molecule has 2 nitrogen and oxygen atoms in total. The Morgan fingerprint density at radius 1 is 1.73 bits per heavy atom. The third-order valence-electron chi connectivity index (χ3n) is 2.00. The number of aliphatic hydroxyl groups is 1. The summed E-state index contributed by atoms with van der Waals surface area (Å²) in [6.07, 6.45) is 1.29. The lowest BCUT2D eigenvalue weighted by Gasteiger charge is -2.13. The minimum Gasteiger partial charge on any atom is -0.396 e. The van der Waals surface area contributed by atoms with E-state index >= 15 is 0 Å². The van der Waals surface area contributed by atoms with Crippen LogP contribution in [-0.4, -0.2) is 35.8 Å². The van der Waals surface area contributed by atoms with Gasteiger partial charge in [0.05, 0.1) is 0 Å². The Hall–Kier alpha value is 0.270. The first-order valence-electron chi connectivity index (χ1n) is 4.25. The fourth-order valence-electron chi connectivity index (χ4n) is 1.13. The van der Waals surface area contributed by atoms with Crippen LogP contribution in [0.2, 0.25) is 0 Å². The Labute approximate surface area is 72.8 Å². The predicted octanol–water partition coefficient (Wildman–Crippen LogP) is 0.710. The van der Waals surface area contributed by atoms with Gasteiger partial charge in [-0.15, -0.1) is 0 Å². The number of nitrogens with one attached hydrogen (secondary N) is 1. The molecule has 0 bridgehead atoms. The van der Waals surface area contributed by atoms with E-state index in [9.17, 15) is 0 Å². The van der Waals surface area contributed by atoms with Crippen molar-refractivity contribution in [2.75, 3.05) is 24.7 Å². The molecule has 0 spiro atoms. The minimum atomic E-state index is 0.298. The number of hydrogen-bond donors (Lipinski definition) is 2. The van der Waals surface area contributed by atoms with Crippen LogP contribution in [0.25, 0.3) is 0 Å². The molecular weight excluding hydrogens is 158 g/mol. The van der Waals surface area contributed by atoms with E-state index in [1.807, 2.05) is 11.8 Å². The molecule has 0 saturated carbocycles. The zero-order valence-corrected chi connectivity index (χ0v) is 7.86. The van der Waals surface area contributed by atoms with Crippen LogP contribution < -0.4 is 5.32 Å². The average molecular weight is 175 g/mol. The topological polar surface area (TPSA) is 32.3 Å². The number of aliphatic hydroxyl groups excluding tert-OH is 1. The molecule has 66 valence electrons. The Bertz CT molecular complexity index is 104. The van der Waals surface area contributed by atoms with Crippen molar-refractivity contribution in [2.45, 2.75) is 19.4 Å². The summed E-state index contributed by atoms with van der Waals surface area (Å²) in [6, 6.07) is 0.703. The van der Waals surface area contributed by atoms with Crippen molar-refractivity contribution in [1.29, 1.82) is 0 Å². The van der Waals surface area contributed by atoms with Gasteiger partial charge < -0.3 is 10.4 Å². The van der Waals surface area contributed by atoms with Gasteiger partial charge >= 0.3 is 0 Å². The quantitative estimate of drug-likeness (QED) is 0.660. The van der Waals surface area contributed by atoms with Crippen molar-refractivity contribution in [3.8, 4) is 0 Å². The van der Waals surface area contributed by atoms with Crippen LogP contribution in [0.1, 0.15) is 13.3 Å². The molecule has 11 heavy (non-hydrogen) atoms. The second-order valence-corrected chi connectivity index (χ2v) is 4.41. The number of thioether (sulfide) groups is 1. The van der Waals surface area contributed by atoms with Crippen LogP contribution in [0.4, 0.5) is 0 Å². The summed E-state index contributed by atoms with van der Waals surface area (Å²) in [5, 5.41) is 12.2. The Balaban J connectivity index is 2.01. The Morgan fingerprint density at radius 3 is 3.09 bits per heavy atom. The van der Waals surface area contributed by atoms with Gasteiger partial charge in [-0.2, -0.15) is 11.8 Å². The average Bonchev–Trinajstić information content (AvgIpc) is 2.52. The molecule has 0 aliphatic carbocycles. The fourth-order valence-corrected chi connectivity index (χ4v) is 2.31. The maximum absolute atomic E-state index is 8.76. The van der Waals surface area contributed by atoms with Gasteiger partial charge in [-0.05, 0) is 18.1 Å². The molecule has 0 radical (unpaired) electrons. The molecule has 1 aliphatic heterocycles. The second kappa shape index (κ2) is 5.01. The largest absolute Gasteiger partial charge is 0.396 e. The minimum absolute atomic E-state index is 0.298. The molecule has 0 aromatic rings. The van der Waals surface area contributed by atoms with Gasteiger partial charge in [0.15, 0.2) is 0 Å². The lowest BCUT2D eigenvalue weighted by atomic mass is 10.2. The highest BCUT2D eigenvalue weighted by molar-refractivity contribution is 7.99. The van der Waals surface area contributed by atoms with E-state index < -0.39 is 0 Å². The fraction of sp³-hybridized carbons (Fsp3) is 1.00. The monoisotopic (exact) mass is 175 g/mol. The van der Waals surface area contributed by atoms with Crippen molar-refractivity contribution >= 4 is 11.8 Å². The maximum atomic E-state index is 8.76. The predicted molar refractivity (Wildman–Crippen MR) is 50.0 cm³/mol. The van der Waals surface area contributed by atoms with Crippen LogP contribution in [0.5, 0.6) is 0 Å². The Kier molecular flexibility index (Phi) is 4.26. The van der Waals surface area contributed by atoms with Crippen molar-refractivity contribution in [1.82, 2.24) is 5.32 Å². The van der Waals surface area contributed by atoms with Crippen LogP contribution in [0.15, 0.2) is 0 Å². The first-order chi connectivity index (χ1) is 5.33. The van der Waals surface area contributed by atoms with E-state index in [0.717, 1.165) is 6.54 Å². The molecule has 2 unspecified atom stereocenters. The van der Waals surface area contributed by atoms with E-state index in [0.29, 0.717) is 18.6 Å². The van der Waals surface area contributed by atoms with E-state index in [2.05, 4.69) is 12.2 Å². The SMILES string of the molecule is CC(CO)CNC1CCSC1. The first-order valence-corrected chi connectivity index (χ1v) is 5.40. The highest BCUT2D eigenvalue weighted by Gasteiger charge is 2.14. The molecule has 2 N–H and O–H groups in total. The van der Waals surface area contributed by atoms with Gasteiger partial charge in [0.25, 0.3) is 0 Å². The van der Waals surface area contributed by atoms with Gasteiger partial charge in [-0.1, -0.05) is 6.92 Å². The van der Waals surface area contributed by atoms with Gasteiger partial charge in [-0.3, -0.25) is 0 Å². The van der Waals surface area contributed by atoms with Gasteiger partial charge in [0.1, 0.15) is 0 Å². The zero-order valence-electron chi connectivity index (χ0n) is 7.05. The lowest BCUT2D eigenvalue weighted by molar-refractivity contribution is 0.231. The normalized spacial score (nSPS) is 27.3. The third kappa shape index (κ3) is 3.45. The van der Waals surface area contributed by atoms with E-state index in [1.54, 1.807) is 0 Å². The van der Waals surface area contributed by atoms with Crippen LogP contribution in [-0.2, 0) is 0 Å². The van der Waals surface area contributed by atoms with Gasteiger partial charge in [0, 0.05) is 24.9 Å². The van der Waals surface area contributed by atoms with Crippen molar-refractivity contribution in [3.63, 3.8) is 0 Å². The summed E-state index contributed by atoms with van der Waals surface area (Å²) in [6.45, 7) is 3.32. The van der Waals surface area contributed by atoms with Crippen LogP contribution >= 0.6 is 11.8 Å². The van der Waals surface area contributed by atoms with Crippen molar-refractivity contribution in [3.05, 3.63) is 0 Å². The molecule has 1 heterocycles. The van der Waals surface area contributed by atoms with E-state index in [-0.39, 0.29) is 0 Å². The zero-order chi connectivity index (χ0) is 8.10. The first kappa shape index (κ1) is 9.36. The number of rotatable bonds is 4.